The number of hydrogen-bond acceptors (Lipinski definition) is 2. The summed E-state index contributed by atoms with van der Waals surface area (Å²) in [6, 6.07) is 8.63. The number of nitrogens with one attached hydrogen (secondary N) is 1. The lowest BCUT2D eigenvalue weighted by atomic mass is 10.1. The molecule has 0 spiro atoms. The van der Waals surface area contributed by atoms with E-state index in [1.165, 1.54) is 16.5 Å². The Morgan fingerprint density at radius 1 is 1.33 bits per heavy atom. The summed E-state index contributed by atoms with van der Waals surface area (Å²) in [5.41, 5.74) is 2.50. The summed E-state index contributed by atoms with van der Waals surface area (Å²) in [5.74, 6) is 0. The van der Waals surface area contributed by atoms with E-state index in [-0.39, 0.29) is 6.10 Å². The van der Waals surface area contributed by atoms with E-state index in [0.29, 0.717) is 6.54 Å². The highest BCUT2D eigenvalue weighted by Crippen LogP contribution is 2.18. The van der Waals surface area contributed by atoms with Crippen molar-refractivity contribution in [3.05, 3.63) is 36.0 Å². The molecule has 3 heteroatoms. The molecule has 1 aromatic heterocycles. The molecule has 1 aromatic carbocycles. The van der Waals surface area contributed by atoms with E-state index >= 15 is 0 Å². The highest BCUT2D eigenvalue weighted by atomic mass is 16.3. The molecule has 0 amide bonds. The van der Waals surface area contributed by atoms with Crippen molar-refractivity contribution in [2.45, 2.75) is 39.5 Å². The lowest BCUT2D eigenvalue weighted by Gasteiger charge is -2.08. The van der Waals surface area contributed by atoms with Gasteiger partial charge in [-0.3, -0.25) is 0 Å². The van der Waals surface area contributed by atoms with Crippen molar-refractivity contribution < 1.29 is 5.11 Å². The van der Waals surface area contributed by atoms with Gasteiger partial charge in [-0.05, 0) is 49.0 Å². The van der Waals surface area contributed by atoms with E-state index in [4.69, 9.17) is 0 Å². The van der Waals surface area contributed by atoms with E-state index in [1.807, 2.05) is 13.1 Å². The van der Waals surface area contributed by atoms with Crippen LogP contribution in [0.4, 0.5) is 0 Å². The fraction of sp³-hybridized carbons (Fsp3) is 0.467. The third-order valence-electron chi connectivity index (χ3n) is 3.05. The van der Waals surface area contributed by atoms with Gasteiger partial charge in [0, 0.05) is 24.8 Å². The molecular formula is C15H22N2O. The van der Waals surface area contributed by atoms with Crippen LogP contribution >= 0.6 is 0 Å². The standard InChI is InChI=1S/C15H22N2O/c1-3-7-16-10-13-4-5-15-14(9-13)6-8-17(15)11-12(2)18/h4-6,8-9,12,16,18H,3,7,10-11H2,1-2H3. The van der Waals surface area contributed by atoms with Gasteiger partial charge in [0.2, 0.25) is 0 Å². The van der Waals surface area contributed by atoms with Crippen molar-refractivity contribution in [2.75, 3.05) is 6.54 Å². The zero-order chi connectivity index (χ0) is 13.0. The Kier molecular flexibility index (Phi) is 4.39. The quantitative estimate of drug-likeness (QED) is 0.769. The first-order chi connectivity index (χ1) is 8.70. The predicted molar refractivity (Wildman–Crippen MR) is 75.6 cm³/mol. The first-order valence-corrected chi connectivity index (χ1v) is 6.67. The van der Waals surface area contributed by atoms with E-state index in [0.717, 1.165) is 19.5 Å². The maximum Gasteiger partial charge on any atom is 0.0691 e. The van der Waals surface area contributed by atoms with Crippen LogP contribution in [0.15, 0.2) is 30.5 Å². The Morgan fingerprint density at radius 2 is 2.17 bits per heavy atom. The van der Waals surface area contributed by atoms with Crippen LogP contribution in [0.2, 0.25) is 0 Å². The number of hydrogen-bond donors (Lipinski definition) is 2. The molecule has 2 aromatic rings. The molecule has 3 nitrogen and oxygen atoms in total. The summed E-state index contributed by atoms with van der Waals surface area (Å²) in [7, 11) is 0. The molecule has 0 radical (unpaired) electrons. The van der Waals surface area contributed by atoms with Crippen LogP contribution in [-0.4, -0.2) is 22.3 Å². The van der Waals surface area contributed by atoms with Gasteiger partial charge in [0.05, 0.1) is 6.10 Å². The Morgan fingerprint density at radius 3 is 2.89 bits per heavy atom. The summed E-state index contributed by atoms with van der Waals surface area (Å²) in [6.07, 6.45) is 2.89. The molecule has 0 saturated heterocycles. The summed E-state index contributed by atoms with van der Waals surface area (Å²) in [5, 5.41) is 14.1. The summed E-state index contributed by atoms with van der Waals surface area (Å²) >= 11 is 0. The summed E-state index contributed by atoms with van der Waals surface area (Å²) < 4.78 is 2.10. The molecule has 0 aliphatic rings. The van der Waals surface area contributed by atoms with Crippen molar-refractivity contribution in [3.8, 4) is 0 Å². The van der Waals surface area contributed by atoms with Gasteiger partial charge in [-0.15, -0.1) is 0 Å². The summed E-state index contributed by atoms with van der Waals surface area (Å²) in [6.45, 7) is 6.62. The number of aliphatic hydroxyl groups is 1. The number of rotatable bonds is 6. The van der Waals surface area contributed by atoms with Gasteiger partial charge in [-0.25, -0.2) is 0 Å². The minimum absolute atomic E-state index is 0.313. The van der Waals surface area contributed by atoms with Crippen molar-refractivity contribution in [1.29, 1.82) is 0 Å². The molecule has 1 heterocycles. The van der Waals surface area contributed by atoms with Crippen LogP contribution in [0, 0.1) is 0 Å². The molecule has 2 rings (SSSR count). The maximum absolute atomic E-state index is 9.45. The zero-order valence-corrected chi connectivity index (χ0v) is 11.2. The molecule has 98 valence electrons. The first-order valence-electron chi connectivity index (χ1n) is 6.67. The topological polar surface area (TPSA) is 37.2 Å². The predicted octanol–water partition coefficient (Wildman–Crippen LogP) is 2.52. The first kappa shape index (κ1) is 13.1. The monoisotopic (exact) mass is 246 g/mol. The van der Waals surface area contributed by atoms with Gasteiger partial charge >= 0.3 is 0 Å². The SMILES string of the molecule is CCCNCc1ccc2c(ccn2CC(C)O)c1. The number of benzene rings is 1. The smallest absolute Gasteiger partial charge is 0.0691 e. The minimum Gasteiger partial charge on any atom is -0.392 e. The molecule has 0 aliphatic heterocycles. The third-order valence-corrected chi connectivity index (χ3v) is 3.05. The van der Waals surface area contributed by atoms with Crippen LogP contribution in [0.1, 0.15) is 25.8 Å². The van der Waals surface area contributed by atoms with E-state index in [1.54, 1.807) is 0 Å². The highest BCUT2D eigenvalue weighted by Gasteiger charge is 2.04. The van der Waals surface area contributed by atoms with Crippen molar-refractivity contribution in [3.63, 3.8) is 0 Å². The second-order valence-corrected chi connectivity index (χ2v) is 4.89. The number of aromatic nitrogens is 1. The fourth-order valence-corrected chi connectivity index (χ4v) is 2.21. The van der Waals surface area contributed by atoms with Crippen LogP contribution in [0.3, 0.4) is 0 Å². The minimum atomic E-state index is -0.313. The van der Waals surface area contributed by atoms with E-state index in [9.17, 15) is 5.11 Å². The number of aliphatic hydroxyl groups excluding tert-OH is 1. The zero-order valence-electron chi connectivity index (χ0n) is 11.2. The molecule has 1 unspecified atom stereocenters. The second kappa shape index (κ2) is 6.03. The molecule has 0 aliphatic carbocycles. The van der Waals surface area contributed by atoms with E-state index < -0.39 is 0 Å². The molecule has 0 saturated carbocycles. The lowest BCUT2D eigenvalue weighted by Crippen LogP contribution is -2.13. The van der Waals surface area contributed by atoms with Gasteiger partial charge in [0.25, 0.3) is 0 Å². The van der Waals surface area contributed by atoms with Gasteiger partial charge in [-0.1, -0.05) is 13.0 Å². The Balaban J connectivity index is 2.15. The van der Waals surface area contributed by atoms with Crippen molar-refractivity contribution >= 4 is 10.9 Å². The number of fused-ring (bicyclic) bond motifs is 1. The average molecular weight is 246 g/mol. The Labute approximate surface area is 108 Å². The van der Waals surface area contributed by atoms with Gasteiger partial charge in [0.15, 0.2) is 0 Å². The maximum atomic E-state index is 9.45. The largest absolute Gasteiger partial charge is 0.392 e. The molecule has 18 heavy (non-hydrogen) atoms. The highest BCUT2D eigenvalue weighted by molar-refractivity contribution is 5.80. The summed E-state index contributed by atoms with van der Waals surface area (Å²) in [4.78, 5) is 0. The van der Waals surface area contributed by atoms with Crippen LogP contribution in [0.5, 0.6) is 0 Å². The van der Waals surface area contributed by atoms with Crippen LogP contribution in [0.25, 0.3) is 10.9 Å². The van der Waals surface area contributed by atoms with Crippen molar-refractivity contribution in [1.82, 2.24) is 9.88 Å². The Bertz CT molecular complexity index is 502. The Hall–Kier alpha value is -1.32. The van der Waals surface area contributed by atoms with Gasteiger partial charge < -0.3 is 15.0 Å². The fourth-order valence-electron chi connectivity index (χ4n) is 2.21. The molecule has 2 N–H and O–H groups in total. The second-order valence-electron chi connectivity index (χ2n) is 4.89. The molecule has 0 fully saturated rings. The molecule has 1 atom stereocenters. The van der Waals surface area contributed by atoms with Crippen LogP contribution < -0.4 is 5.32 Å². The van der Waals surface area contributed by atoms with Crippen LogP contribution in [-0.2, 0) is 13.1 Å². The van der Waals surface area contributed by atoms with Crippen molar-refractivity contribution in [2.24, 2.45) is 0 Å². The molecule has 0 bridgehead atoms. The number of nitrogens with zero attached hydrogens (tertiary/aromatic N) is 1. The average Bonchev–Trinajstić information content (AvgIpc) is 2.72. The van der Waals surface area contributed by atoms with E-state index in [2.05, 4.69) is 41.1 Å². The lowest BCUT2D eigenvalue weighted by molar-refractivity contribution is 0.175. The van der Waals surface area contributed by atoms with Gasteiger partial charge in [0.1, 0.15) is 0 Å². The molecular weight excluding hydrogens is 224 g/mol. The third kappa shape index (κ3) is 3.12. The van der Waals surface area contributed by atoms with Gasteiger partial charge in [-0.2, -0.15) is 0 Å². The normalized spacial score (nSPS) is 13.1.